The van der Waals surface area contributed by atoms with E-state index in [1.165, 1.54) is 60.8 Å². The fourth-order valence-electron chi connectivity index (χ4n) is 5.19. The minimum absolute atomic E-state index is 0.161. The van der Waals surface area contributed by atoms with Gasteiger partial charge in [0, 0.05) is 5.41 Å². The Labute approximate surface area is 188 Å². The van der Waals surface area contributed by atoms with Gasteiger partial charge in [0.2, 0.25) is 0 Å². The van der Waals surface area contributed by atoms with E-state index in [4.69, 9.17) is 4.65 Å². The molecule has 3 rings (SSSR count). The van der Waals surface area contributed by atoms with Gasteiger partial charge < -0.3 is 19.7 Å². The van der Waals surface area contributed by atoms with Crippen molar-refractivity contribution in [3.05, 3.63) is 47.5 Å². The molecule has 0 heterocycles. The molecule has 0 saturated heterocycles. The molecule has 0 saturated carbocycles. The van der Waals surface area contributed by atoms with Crippen LogP contribution >= 0.6 is 0 Å². The van der Waals surface area contributed by atoms with Crippen LogP contribution < -0.4 is 10.1 Å². The first-order valence-corrected chi connectivity index (χ1v) is 12.0. The van der Waals surface area contributed by atoms with Crippen LogP contribution in [-0.2, 0) is 5.41 Å². The van der Waals surface area contributed by atoms with Gasteiger partial charge in [-0.1, -0.05) is 89.5 Å². The molecule has 0 bridgehead atoms. The number of hydrogen-bond donors (Lipinski definition) is 3. The number of unbranched alkanes of at least 4 members (excludes halogenated alkanes) is 6. The van der Waals surface area contributed by atoms with E-state index in [1.807, 2.05) is 24.3 Å². The Balaban J connectivity index is 2.09. The normalized spacial score (nSPS) is 13.6. The highest BCUT2D eigenvalue weighted by molar-refractivity contribution is 6.58. The van der Waals surface area contributed by atoms with Crippen molar-refractivity contribution in [3.63, 3.8) is 0 Å². The standard InChI is InChI=1S/C25H36B2O4/c1-3-5-7-9-15-25(16-10-8-6-4-2)23-17-19(27(29)30)11-13-21(23)22-14-12-20(31-26-28)18-24(22)25/h11-14,17-18,26,28-30H,3-10,15-16H2,1-2H3. The maximum Gasteiger partial charge on any atom is 0.504 e. The molecular formula is C25H36B2O4. The zero-order chi connectivity index (χ0) is 22.3. The Morgan fingerprint density at radius 2 is 1.39 bits per heavy atom. The third kappa shape index (κ3) is 5.19. The van der Waals surface area contributed by atoms with E-state index >= 15 is 0 Å². The van der Waals surface area contributed by atoms with Crippen LogP contribution in [0.1, 0.15) is 89.2 Å². The van der Waals surface area contributed by atoms with Gasteiger partial charge in [-0.3, -0.25) is 0 Å². The summed E-state index contributed by atoms with van der Waals surface area (Å²) in [6, 6.07) is 12.0. The molecule has 0 amide bonds. The van der Waals surface area contributed by atoms with Gasteiger partial charge in [0.25, 0.3) is 0 Å². The highest BCUT2D eigenvalue weighted by atomic mass is 16.5. The lowest BCUT2D eigenvalue weighted by Crippen LogP contribution is -2.32. The number of benzene rings is 2. The second-order valence-corrected chi connectivity index (χ2v) is 8.86. The summed E-state index contributed by atoms with van der Waals surface area (Å²) in [5.74, 6) is 0.683. The highest BCUT2D eigenvalue weighted by Crippen LogP contribution is 2.54. The Morgan fingerprint density at radius 3 is 1.94 bits per heavy atom. The first-order chi connectivity index (χ1) is 15.1. The third-order valence-corrected chi connectivity index (χ3v) is 6.80. The molecule has 0 atom stereocenters. The minimum Gasteiger partial charge on any atom is -0.539 e. The molecule has 1 aliphatic carbocycles. The molecule has 0 unspecified atom stereocenters. The average molecular weight is 422 g/mol. The molecule has 0 aromatic heterocycles. The minimum atomic E-state index is -1.47. The topological polar surface area (TPSA) is 69.9 Å². The van der Waals surface area contributed by atoms with Gasteiger partial charge in [0.1, 0.15) is 5.75 Å². The van der Waals surface area contributed by atoms with Gasteiger partial charge in [0.15, 0.2) is 0 Å². The second kappa shape index (κ2) is 11.2. The Hall–Kier alpha value is -1.75. The van der Waals surface area contributed by atoms with Crippen LogP contribution in [0.5, 0.6) is 5.75 Å². The summed E-state index contributed by atoms with van der Waals surface area (Å²) in [5, 5.41) is 29.0. The predicted octanol–water partition coefficient (Wildman–Crippen LogP) is 4.21. The van der Waals surface area contributed by atoms with Crippen LogP contribution in [0.15, 0.2) is 36.4 Å². The molecular weight excluding hydrogens is 386 g/mol. The van der Waals surface area contributed by atoms with Crippen molar-refractivity contribution in [1.82, 2.24) is 0 Å². The molecule has 6 heteroatoms. The first kappa shape index (κ1) is 23.9. The average Bonchev–Trinajstić information content (AvgIpc) is 3.03. The summed E-state index contributed by atoms with van der Waals surface area (Å²) < 4.78 is 5.45. The smallest absolute Gasteiger partial charge is 0.504 e. The lowest BCUT2D eigenvalue weighted by Gasteiger charge is -2.33. The predicted molar refractivity (Wildman–Crippen MR) is 130 cm³/mol. The summed E-state index contributed by atoms with van der Waals surface area (Å²) in [7, 11) is -1.81. The Morgan fingerprint density at radius 1 is 0.806 bits per heavy atom. The van der Waals surface area contributed by atoms with Crippen LogP contribution in [0, 0.1) is 0 Å². The molecule has 2 aromatic carbocycles. The van der Waals surface area contributed by atoms with E-state index in [-0.39, 0.29) is 13.1 Å². The zero-order valence-corrected chi connectivity index (χ0v) is 19.1. The fraction of sp³-hybridized carbons (Fsp3) is 0.520. The van der Waals surface area contributed by atoms with Crippen molar-refractivity contribution >= 4 is 20.3 Å². The van der Waals surface area contributed by atoms with E-state index in [9.17, 15) is 15.1 Å². The molecule has 2 aromatic rings. The summed E-state index contributed by atoms with van der Waals surface area (Å²) >= 11 is 0. The van der Waals surface area contributed by atoms with Crippen LogP contribution in [0.3, 0.4) is 0 Å². The fourth-order valence-corrected chi connectivity index (χ4v) is 5.19. The molecule has 0 aliphatic heterocycles. The number of rotatable bonds is 13. The van der Waals surface area contributed by atoms with Gasteiger partial charge in [0.05, 0.1) is 0 Å². The quantitative estimate of drug-likeness (QED) is 0.334. The Bertz CT molecular complexity index is 841. The SMILES string of the molecule is CCCCCCC1(CCCCCC)c2cc(OBO)ccc2-c2ccc(B(O)O)cc21. The van der Waals surface area contributed by atoms with E-state index in [0.29, 0.717) is 11.2 Å². The molecule has 0 spiro atoms. The molecule has 0 radical (unpaired) electrons. The molecule has 31 heavy (non-hydrogen) atoms. The van der Waals surface area contributed by atoms with Crippen LogP contribution in [0.2, 0.25) is 0 Å². The maximum absolute atomic E-state index is 9.86. The van der Waals surface area contributed by atoms with Crippen molar-refractivity contribution in [1.29, 1.82) is 0 Å². The summed E-state index contributed by atoms with van der Waals surface area (Å²) in [6.07, 6.45) is 11.6. The highest BCUT2D eigenvalue weighted by Gasteiger charge is 2.43. The summed E-state index contributed by atoms with van der Waals surface area (Å²) in [4.78, 5) is 0. The van der Waals surface area contributed by atoms with Gasteiger partial charge in [-0.25, -0.2) is 0 Å². The van der Waals surface area contributed by atoms with Crippen molar-refractivity contribution in [2.75, 3.05) is 0 Å². The number of hydrogen-bond acceptors (Lipinski definition) is 4. The van der Waals surface area contributed by atoms with Crippen molar-refractivity contribution in [3.8, 4) is 16.9 Å². The van der Waals surface area contributed by atoms with E-state index in [1.54, 1.807) is 0 Å². The third-order valence-electron chi connectivity index (χ3n) is 6.80. The van der Waals surface area contributed by atoms with E-state index < -0.39 is 7.12 Å². The summed E-state index contributed by atoms with van der Waals surface area (Å²) in [6.45, 7) is 4.46. The van der Waals surface area contributed by atoms with Crippen LogP contribution in [0.25, 0.3) is 11.1 Å². The Kier molecular flexibility index (Phi) is 8.65. The van der Waals surface area contributed by atoms with Gasteiger partial charge >= 0.3 is 14.8 Å². The van der Waals surface area contributed by atoms with Gasteiger partial charge in [-0.15, -0.1) is 0 Å². The van der Waals surface area contributed by atoms with E-state index in [2.05, 4.69) is 26.0 Å². The van der Waals surface area contributed by atoms with Crippen LogP contribution in [0.4, 0.5) is 0 Å². The van der Waals surface area contributed by atoms with Crippen LogP contribution in [-0.4, -0.2) is 29.9 Å². The van der Waals surface area contributed by atoms with Crippen molar-refractivity contribution in [2.24, 2.45) is 0 Å². The largest absolute Gasteiger partial charge is 0.539 e. The van der Waals surface area contributed by atoms with Crippen molar-refractivity contribution < 1.29 is 19.7 Å². The molecule has 0 fully saturated rings. The second-order valence-electron chi connectivity index (χ2n) is 8.86. The molecule has 3 N–H and O–H groups in total. The molecule has 1 aliphatic rings. The van der Waals surface area contributed by atoms with Crippen molar-refractivity contribution in [2.45, 2.75) is 83.5 Å². The zero-order valence-electron chi connectivity index (χ0n) is 19.1. The number of fused-ring (bicyclic) bond motifs is 3. The van der Waals surface area contributed by atoms with E-state index in [0.717, 1.165) is 25.7 Å². The molecule has 4 nitrogen and oxygen atoms in total. The summed E-state index contributed by atoms with van der Waals surface area (Å²) in [5.41, 5.74) is 5.23. The maximum atomic E-state index is 9.86. The first-order valence-electron chi connectivity index (χ1n) is 12.0. The van der Waals surface area contributed by atoms with Gasteiger partial charge in [-0.05, 0) is 52.7 Å². The van der Waals surface area contributed by atoms with Gasteiger partial charge in [-0.2, -0.15) is 0 Å². The lowest BCUT2D eigenvalue weighted by atomic mass is 9.68. The molecule has 166 valence electrons. The lowest BCUT2D eigenvalue weighted by molar-refractivity contribution is 0.398. The monoisotopic (exact) mass is 422 g/mol.